The number of benzene rings is 2. The van der Waals surface area contributed by atoms with Crippen LogP contribution in [-0.4, -0.2) is 41.8 Å². The van der Waals surface area contributed by atoms with Crippen LogP contribution in [0.15, 0.2) is 48.5 Å². The van der Waals surface area contributed by atoms with Gasteiger partial charge in [-0.3, -0.25) is 14.4 Å². The zero-order valence-electron chi connectivity index (χ0n) is 15.9. The van der Waals surface area contributed by atoms with E-state index in [4.69, 9.17) is 0 Å². The van der Waals surface area contributed by atoms with E-state index in [0.29, 0.717) is 24.2 Å². The molecular formula is C22H22FN3O3. The van der Waals surface area contributed by atoms with E-state index in [1.54, 1.807) is 41.3 Å². The lowest BCUT2D eigenvalue weighted by molar-refractivity contribution is -0.126. The van der Waals surface area contributed by atoms with E-state index in [2.05, 4.69) is 5.32 Å². The van der Waals surface area contributed by atoms with Gasteiger partial charge >= 0.3 is 0 Å². The number of anilines is 1. The van der Waals surface area contributed by atoms with E-state index in [1.807, 2.05) is 0 Å². The van der Waals surface area contributed by atoms with Crippen molar-refractivity contribution in [3.8, 4) is 0 Å². The Morgan fingerprint density at radius 2 is 1.83 bits per heavy atom. The molecule has 1 N–H and O–H groups in total. The first kappa shape index (κ1) is 19.1. The Hall–Kier alpha value is -3.22. The third-order valence-electron chi connectivity index (χ3n) is 5.44. The largest absolute Gasteiger partial charge is 0.350 e. The van der Waals surface area contributed by atoms with Gasteiger partial charge in [0.15, 0.2) is 0 Å². The molecule has 3 amide bonds. The van der Waals surface area contributed by atoms with Crippen molar-refractivity contribution in [2.45, 2.75) is 31.8 Å². The molecule has 4 rings (SSSR count). The van der Waals surface area contributed by atoms with Crippen LogP contribution in [0.3, 0.4) is 0 Å². The summed E-state index contributed by atoms with van der Waals surface area (Å²) in [4.78, 5) is 41.9. The Morgan fingerprint density at radius 3 is 2.62 bits per heavy atom. The lowest BCUT2D eigenvalue weighted by atomic mass is 10.0. The summed E-state index contributed by atoms with van der Waals surface area (Å²) >= 11 is 0. The number of para-hydroxylation sites is 1. The number of nitrogens with one attached hydrogen (secondary N) is 1. The second-order valence-corrected chi connectivity index (χ2v) is 7.35. The van der Waals surface area contributed by atoms with Crippen LogP contribution >= 0.6 is 0 Å². The van der Waals surface area contributed by atoms with Gasteiger partial charge in [-0.25, -0.2) is 4.39 Å². The fraction of sp³-hybridized carbons (Fsp3) is 0.318. The van der Waals surface area contributed by atoms with Crippen molar-refractivity contribution in [1.29, 1.82) is 0 Å². The van der Waals surface area contributed by atoms with Crippen molar-refractivity contribution in [2.24, 2.45) is 0 Å². The lowest BCUT2D eigenvalue weighted by Gasteiger charge is -2.34. The van der Waals surface area contributed by atoms with E-state index in [1.165, 1.54) is 17.0 Å². The van der Waals surface area contributed by atoms with Gasteiger partial charge in [0.2, 0.25) is 11.8 Å². The normalized spacial score (nSPS) is 18.7. The van der Waals surface area contributed by atoms with Gasteiger partial charge in [0.1, 0.15) is 18.4 Å². The molecule has 1 atom stereocenters. The molecule has 2 aliphatic heterocycles. The number of nitrogens with zero attached hydrogens (tertiary/aromatic N) is 2. The second-order valence-electron chi connectivity index (χ2n) is 7.35. The van der Waals surface area contributed by atoms with E-state index in [0.717, 1.165) is 18.4 Å². The minimum atomic E-state index is -0.534. The predicted octanol–water partition coefficient (Wildman–Crippen LogP) is 2.48. The van der Waals surface area contributed by atoms with Crippen molar-refractivity contribution < 1.29 is 18.8 Å². The van der Waals surface area contributed by atoms with Gasteiger partial charge in [0.05, 0.1) is 11.3 Å². The standard InChI is InChI=1S/C22H22FN3O3/c23-16-10-8-15(9-11-16)13-24-20(27)14-26-18-6-2-1-5-17(18)21(28)25-12-4-3-7-19(25)22(26)29/h1-2,5-6,8-11,19H,3-4,7,12-14H2,(H,24,27). The molecule has 150 valence electrons. The van der Waals surface area contributed by atoms with Crippen LogP contribution in [0, 0.1) is 5.82 Å². The summed E-state index contributed by atoms with van der Waals surface area (Å²) in [5, 5.41) is 2.77. The van der Waals surface area contributed by atoms with Crippen molar-refractivity contribution in [2.75, 3.05) is 18.0 Å². The number of hydrogen-bond donors (Lipinski definition) is 1. The van der Waals surface area contributed by atoms with Gasteiger partial charge < -0.3 is 15.1 Å². The van der Waals surface area contributed by atoms with Crippen molar-refractivity contribution in [3.05, 3.63) is 65.5 Å². The molecule has 29 heavy (non-hydrogen) atoms. The van der Waals surface area contributed by atoms with Crippen molar-refractivity contribution in [3.63, 3.8) is 0 Å². The van der Waals surface area contributed by atoms with E-state index in [9.17, 15) is 18.8 Å². The Bertz CT molecular complexity index is 945. The number of carbonyl (C=O) groups excluding carboxylic acids is 3. The van der Waals surface area contributed by atoms with Crippen LogP contribution in [-0.2, 0) is 16.1 Å². The molecule has 2 heterocycles. The van der Waals surface area contributed by atoms with Crippen molar-refractivity contribution >= 4 is 23.4 Å². The van der Waals surface area contributed by atoms with Crippen molar-refractivity contribution in [1.82, 2.24) is 10.2 Å². The number of rotatable bonds is 4. The zero-order chi connectivity index (χ0) is 20.4. The smallest absolute Gasteiger partial charge is 0.256 e. The molecule has 2 aromatic rings. The summed E-state index contributed by atoms with van der Waals surface area (Å²) < 4.78 is 13.0. The maximum Gasteiger partial charge on any atom is 0.256 e. The molecule has 6 nitrogen and oxygen atoms in total. The maximum atomic E-state index is 13.2. The first-order valence-corrected chi connectivity index (χ1v) is 9.77. The predicted molar refractivity (Wildman–Crippen MR) is 106 cm³/mol. The minimum Gasteiger partial charge on any atom is -0.350 e. The molecular weight excluding hydrogens is 373 g/mol. The van der Waals surface area contributed by atoms with Crippen LogP contribution in [0.5, 0.6) is 0 Å². The molecule has 1 unspecified atom stereocenters. The average molecular weight is 395 g/mol. The SMILES string of the molecule is O=C(CN1C(=O)C2CCCCN2C(=O)c2ccccc21)NCc1ccc(F)cc1. The first-order valence-electron chi connectivity index (χ1n) is 9.77. The Morgan fingerprint density at radius 1 is 1.07 bits per heavy atom. The van der Waals surface area contributed by atoms with Crippen LogP contribution in [0.4, 0.5) is 10.1 Å². The van der Waals surface area contributed by atoms with Crippen LogP contribution in [0.1, 0.15) is 35.2 Å². The van der Waals surface area contributed by atoms with Gasteiger partial charge in [-0.1, -0.05) is 24.3 Å². The topological polar surface area (TPSA) is 69.7 Å². The first-order chi connectivity index (χ1) is 14.0. The summed E-state index contributed by atoms with van der Waals surface area (Å²) in [7, 11) is 0. The van der Waals surface area contributed by atoms with Crippen LogP contribution in [0.25, 0.3) is 0 Å². The minimum absolute atomic E-state index is 0.159. The van der Waals surface area contributed by atoms with E-state index in [-0.39, 0.29) is 36.6 Å². The highest BCUT2D eigenvalue weighted by atomic mass is 19.1. The highest BCUT2D eigenvalue weighted by molar-refractivity contribution is 6.12. The van der Waals surface area contributed by atoms with Gasteiger partial charge in [-0.15, -0.1) is 0 Å². The fourth-order valence-corrected chi connectivity index (χ4v) is 3.94. The quantitative estimate of drug-likeness (QED) is 0.865. The van der Waals surface area contributed by atoms with Gasteiger partial charge in [-0.2, -0.15) is 0 Å². The van der Waals surface area contributed by atoms with Gasteiger partial charge in [0.25, 0.3) is 5.91 Å². The van der Waals surface area contributed by atoms with E-state index >= 15 is 0 Å². The molecule has 0 bridgehead atoms. The molecule has 1 saturated heterocycles. The Kier molecular flexibility index (Phi) is 5.29. The van der Waals surface area contributed by atoms with Gasteiger partial charge in [0, 0.05) is 13.1 Å². The fourth-order valence-electron chi connectivity index (χ4n) is 3.94. The number of amides is 3. The Labute approximate surface area is 168 Å². The number of fused-ring (bicyclic) bond motifs is 2. The molecule has 0 aromatic heterocycles. The maximum absolute atomic E-state index is 13.2. The Balaban J connectivity index is 1.55. The molecule has 0 spiro atoms. The zero-order valence-corrected chi connectivity index (χ0v) is 15.9. The molecule has 7 heteroatoms. The summed E-state index contributed by atoms with van der Waals surface area (Å²) in [6.07, 6.45) is 2.35. The second kappa shape index (κ2) is 8.03. The third-order valence-corrected chi connectivity index (χ3v) is 5.44. The summed E-state index contributed by atoms with van der Waals surface area (Å²) in [6, 6.07) is 12.3. The third kappa shape index (κ3) is 3.85. The highest BCUT2D eigenvalue weighted by Crippen LogP contribution is 2.31. The molecule has 0 saturated carbocycles. The summed E-state index contributed by atoms with van der Waals surface area (Å²) in [6.45, 7) is 0.611. The summed E-state index contributed by atoms with van der Waals surface area (Å²) in [5.41, 5.74) is 1.67. The molecule has 0 aliphatic carbocycles. The van der Waals surface area contributed by atoms with Gasteiger partial charge in [-0.05, 0) is 49.1 Å². The number of piperidine rings is 1. The van der Waals surface area contributed by atoms with Crippen LogP contribution in [0.2, 0.25) is 0 Å². The number of halogens is 1. The summed E-state index contributed by atoms with van der Waals surface area (Å²) in [5.74, 6) is -1.06. The average Bonchev–Trinajstić information content (AvgIpc) is 2.83. The van der Waals surface area contributed by atoms with E-state index < -0.39 is 6.04 Å². The van der Waals surface area contributed by atoms with Crippen LogP contribution < -0.4 is 10.2 Å². The molecule has 1 fully saturated rings. The lowest BCUT2D eigenvalue weighted by Crippen LogP contribution is -2.52. The molecule has 2 aromatic carbocycles. The number of hydrogen-bond acceptors (Lipinski definition) is 3. The molecule has 2 aliphatic rings. The number of carbonyl (C=O) groups is 3. The monoisotopic (exact) mass is 395 g/mol. The highest BCUT2D eigenvalue weighted by Gasteiger charge is 2.40. The molecule has 0 radical (unpaired) electrons.